The van der Waals surface area contributed by atoms with Crippen molar-refractivity contribution in [2.75, 3.05) is 18.4 Å². The van der Waals surface area contributed by atoms with Crippen LogP contribution in [0.3, 0.4) is 0 Å². The molecule has 0 atom stereocenters. The summed E-state index contributed by atoms with van der Waals surface area (Å²) in [7, 11) is -3.65. The van der Waals surface area contributed by atoms with E-state index < -0.39 is 15.9 Å². The number of nitrogens with zero attached hydrogens (tertiary/aromatic N) is 1. The Balaban J connectivity index is 1.75. The van der Waals surface area contributed by atoms with Crippen LogP contribution in [0.4, 0.5) is 5.00 Å². The molecular formula is C23H31N3O4S2. The molecule has 1 aliphatic heterocycles. The van der Waals surface area contributed by atoms with Gasteiger partial charge < -0.3 is 11.1 Å². The van der Waals surface area contributed by atoms with Crippen molar-refractivity contribution in [2.45, 2.75) is 59.3 Å². The van der Waals surface area contributed by atoms with Crippen LogP contribution in [-0.2, 0) is 14.8 Å². The Bertz CT molecular complexity index is 1160. The van der Waals surface area contributed by atoms with Gasteiger partial charge in [-0.1, -0.05) is 6.07 Å². The van der Waals surface area contributed by atoms with Crippen molar-refractivity contribution in [3.8, 4) is 0 Å². The van der Waals surface area contributed by atoms with E-state index in [1.807, 2.05) is 47.6 Å². The molecule has 2 amide bonds. The first-order chi connectivity index (χ1) is 14.9. The first-order valence-corrected chi connectivity index (χ1v) is 12.9. The Kier molecular flexibility index (Phi) is 6.83. The molecule has 0 unspecified atom stereocenters. The second kappa shape index (κ2) is 8.96. The van der Waals surface area contributed by atoms with Crippen molar-refractivity contribution in [2.24, 2.45) is 11.7 Å². The van der Waals surface area contributed by atoms with Crippen LogP contribution in [0, 0.1) is 47.5 Å². The quantitative estimate of drug-likeness (QED) is 0.684. The highest BCUT2D eigenvalue weighted by Gasteiger charge is 2.34. The molecule has 32 heavy (non-hydrogen) atoms. The Morgan fingerprint density at radius 1 is 1.00 bits per heavy atom. The van der Waals surface area contributed by atoms with E-state index in [-0.39, 0.29) is 24.9 Å². The first-order valence-electron chi connectivity index (χ1n) is 10.6. The maximum absolute atomic E-state index is 13.4. The third-order valence-corrected chi connectivity index (χ3v) is 9.88. The number of carbonyl (C=O) groups excluding carboxylic acids is 2. The van der Waals surface area contributed by atoms with Gasteiger partial charge in [-0.05, 0) is 82.2 Å². The lowest BCUT2D eigenvalue weighted by atomic mass is 9.97. The van der Waals surface area contributed by atoms with Crippen LogP contribution in [0.2, 0.25) is 0 Å². The number of sulfonamides is 1. The fourth-order valence-corrected chi connectivity index (χ4v) is 7.39. The van der Waals surface area contributed by atoms with E-state index in [9.17, 15) is 18.0 Å². The minimum Gasteiger partial charge on any atom is -0.365 e. The molecule has 3 rings (SSSR count). The summed E-state index contributed by atoms with van der Waals surface area (Å²) < 4.78 is 28.4. The standard InChI is InChI=1S/C23H31N3O4S2/c1-12-11-13(2)15(4)20(14(12)3)32(29,30)26-9-7-18(8-10-26)22(28)25-23-19(21(24)27)16(5)17(6)31-23/h11,18H,7-10H2,1-6H3,(H2,24,27)(H,25,28). The summed E-state index contributed by atoms with van der Waals surface area (Å²) in [6, 6.07) is 2.01. The lowest BCUT2D eigenvalue weighted by Crippen LogP contribution is -2.42. The van der Waals surface area contributed by atoms with Gasteiger partial charge in [0.05, 0.1) is 10.5 Å². The summed E-state index contributed by atoms with van der Waals surface area (Å²) in [5.74, 6) is -1.10. The third kappa shape index (κ3) is 4.33. The monoisotopic (exact) mass is 477 g/mol. The Morgan fingerprint density at radius 2 is 1.53 bits per heavy atom. The molecule has 7 nitrogen and oxygen atoms in total. The van der Waals surface area contributed by atoms with Crippen LogP contribution in [0.15, 0.2) is 11.0 Å². The van der Waals surface area contributed by atoms with E-state index >= 15 is 0 Å². The molecule has 1 saturated heterocycles. The van der Waals surface area contributed by atoms with E-state index in [4.69, 9.17) is 5.73 Å². The summed E-state index contributed by atoms with van der Waals surface area (Å²) >= 11 is 1.33. The summed E-state index contributed by atoms with van der Waals surface area (Å²) in [5.41, 5.74) is 10.1. The molecule has 1 aromatic carbocycles. The predicted octanol–water partition coefficient (Wildman–Crippen LogP) is 3.74. The van der Waals surface area contributed by atoms with Gasteiger partial charge >= 0.3 is 0 Å². The number of nitrogens with one attached hydrogen (secondary N) is 1. The van der Waals surface area contributed by atoms with E-state index in [0.29, 0.717) is 28.3 Å². The largest absolute Gasteiger partial charge is 0.365 e. The average molecular weight is 478 g/mol. The van der Waals surface area contributed by atoms with Crippen molar-refractivity contribution in [1.82, 2.24) is 4.31 Å². The maximum atomic E-state index is 13.4. The van der Waals surface area contributed by atoms with Gasteiger partial charge in [-0.2, -0.15) is 4.31 Å². The van der Waals surface area contributed by atoms with E-state index in [0.717, 1.165) is 32.7 Å². The lowest BCUT2D eigenvalue weighted by molar-refractivity contribution is -0.120. The zero-order valence-corrected chi connectivity index (χ0v) is 21.1. The van der Waals surface area contributed by atoms with Crippen LogP contribution in [0.25, 0.3) is 0 Å². The molecule has 3 N–H and O–H groups in total. The van der Waals surface area contributed by atoms with E-state index in [1.54, 1.807) is 0 Å². The smallest absolute Gasteiger partial charge is 0.251 e. The molecule has 0 spiro atoms. The highest BCUT2D eigenvalue weighted by atomic mass is 32.2. The molecule has 9 heteroatoms. The van der Waals surface area contributed by atoms with E-state index in [2.05, 4.69) is 5.32 Å². The van der Waals surface area contributed by atoms with Gasteiger partial charge in [-0.3, -0.25) is 9.59 Å². The fourth-order valence-electron chi connectivity index (χ4n) is 4.28. The number of carbonyl (C=O) groups is 2. The van der Waals surface area contributed by atoms with Crippen LogP contribution in [0.1, 0.15) is 55.9 Å². The summed E-state index contributed by atoms with van der Waals surface area (Å²) in [5, 5.41) is 3.32. The normalized spacial score (nSPS) is 15.7. The molecule has 0 radical (unpaired) electrons. The number of aryl methyl sites for hydroxylation is 3. The SMILES string of the molecule is Cc1cc(C)c(C)c(S(=O)(=O)N2CCC(C(=O)Nc3sc(C)c(C)c3C(N)=O)CC2)c1C. The summed E-state index contributed by atoms with van der Waals surface area (Å²) in [6.07, 6.45) is 0.840. The number of primary amides is 1. The highest BCUT2D eigenvalue weighted by molar-refractivity contribution is 7.89. The molecule has 2 aromatic rings. The third-order valence-electron chi connectivity index (χ3n) is 6.59. The number of hydrogen-bond donors (Lipinski definition) is 2. The van der Waals surface area contributed by atoms with Gasteiger partial charge in [0, 0.05) is 23.9 Å². The van der Waals surface area contributed by atoms with Crippen molar-refractivity contribution >= 4 is 38.2 Å². The van der Waals surface area contributed by atoms with Gasteiger partial charge in [0.2, 0.25) is 15.9 Å². The zero-order chi connectivity index (χ0) is 24.0. The lowest BCUT2D eigenvalue weighted by Gasteiger charge is -2.31. The number of hydrogen-bond acceptors (Lipinski definition) is 5. The number of benzene rings is 1. The number of thiophene rings is 1. The average Bonchev–Trinajstić information content (AvgIpc) is 2.99. The molecular weight excluding hydrogens is 446 g/mol. The molecule has 1 fully saturated rings. The van der Waals surface area contributed by atoms with Crippen LogP contribution >= 0.6 is 11.3 Å². The molecule has 0 bridgehead atoms. The maximum Gasteiger partial charge on any atom is 0.251 e. The minimum absolute atomic E-state index is 0.204. The van der Waals surface area contributed by atoms with Crippen LogP contribution in [-0.4, -0.2) is 37.6 Å². The van der Waals surface area contributed by atoms with E-state index in [1.165, 1.54) is 15.6 Å². The number of rotatable bonds is 5. The minimum atomic E-state index is -3.65. The molecule has 0 aliphatic carbocycles. The van der Waals surface area contributed by atoms with Crippen LogP contribution in [0.5, 0.6) is 0 Å². The zero-order valence-electron chi connectivity index (χ0n) is 19.5. The Morgan fingerprint density at radius 3 is 2.03 bits per heavy atom. The topological polar surface area (TPSA) is 110 Å². The Hall–Kier alpha value is -2.23. The molecule has 2 heterocycles. The van der Waals surface area contributed by atoms with Gasteiger partial charge in [0.1, 0.15) is 5.00 Å². The second-order valence-corrected chi connectivity index (χ2v) is 11.7. The highest BCUT2D eigenvalue weighted by Crippen LogP contribution is 2.34. The predicted molar refractivity (Wildman–Crippen MR) is 128 cm³/mol. The van der Waals surface area contributed by atoms with Crippen LogP contribution < -0.4 is 11.1 Å². The van der Waals surface area contributed by atoms with Crippen molar-refractivity contribution in [1.29, 1.82) is 0 Å². The molecule has 1 aliphatic rings. The molecule has 1 aromatic heterocycles. The number of piperidine rings is 1. The molecule has 174 valence electrons. The summed E-state index contributed by atoms with van der Waals surface area (Å²) in [4.78, 5) is 26.0. The van der Waals surface area contributed by atoms with Gasteiger partial charge in [0.15, 0.2) is 0 Å². The first kappa shape index (κ1) is 24.4. The Labute approximate surface area is 194 Å². The molecule has 0 saturated carbocycles. The summed E-state index contributed by atoms with van der Waals surface area (Å²) in [6.45, 7) is 11.8. The van der Waals surface area contributed by atoms with Crippen molar-refractivity contribution in [3.05, 3.63) is 44.3 Å². The van der Waals surface area contributed by atoms with Gasteiger partial charge in [-0.25, -0.2) is 8.42 Å². The number of anilines is 1. The van der Waals surface area contributed by atoms with Crippen molar-refractivity contribution < 1.29 is 18.0 Å². The van der Waals surface area contributed by atoms with Crippen molar-refractivity contribution in [3.63, 3.8) is 0 Å². The van der Waals surface area contributed by atoms with Gasteiger partial charge in [0.25, 0.3) is 5.91 Å². The number of amides is 2. The van der Waals surface area contributed by atoms with Gasteiger partial charge in [-0.15, -0.1) is 11.3 Å². The fraction of sp³-hybridized carbons (Fsp3) is 0.478. The number of nitrogens with two attached hydrogens (primary N) is 1. The second-order valence-electron chi connectivity index (χ2n) is 8.61.